The van der Waals surface area contributed by atoms with E-state index in [0.717, 1.165) is 43.0 Å². The van der Waals surface area contributed by atoms with Gasteiger partial charge < -0.3 is 24.1 Å². The Balaban J connectivity index is 1.35. The number of benzene rings is 2. The van der Waals surface area contributed by atoms with Crippen molar-refractivity contribution < 1.29 is 19.0 Å². The monoisotopic (exact) mass is 420 g/mol. The molecule has 31 heavy (non-hydrogen) atoms. The van der Waals surface area contributed by atoms with Gasteiger partial charge >= 0.3 is 0 Å². The van der Waals surface area contributed by atoms with Crippen LogP contribution in [0, 0.1) is 0 Å². The van der Waals surface area contributed by atoms with Crippen molar-refractivity contribution in [3.8, 4) is 28.6 Å². The van der Waals surface area contributed by atoms with E-state index in [0.29, 0.717) is 41.7 Å². The minimum absolute atomic E-state index is 0.251. The molecule has 0 atom stereocenters. The molecule has 0 fully saturated rings. The van der Waals surface area contributed by atoms with Crippen LogP contribution in [0.25, 0.3) is 11.4 Å². The van der Waals surface area contributed by atoms with Gasteiger partial charge in [-0.1, -0.05) is 6.42 Å². The molecule has 3 aromatic rings. The van der Waals surface area contributed by atoms with Crippen LogP contribution in [0.15, 0.2) is 36.4 Å². The number of ether oxygens (including phenoxy) is 3. The van der Waals surface area contributed by atoms with Gasteiger partial charge in [-0.15, -0.1) is 10.2 Å². The number of anilines is 1. The van der Waals surface area contributed by atoms with Crippen molar-refractivity contribution in [1.82, 2.24) is 14.8 Å². The van der Waals surface area contributed by atoms with Gasteiger partial charge in [-0.2, -0.15) is 0 Å². The van der Waals surface area contributed by atoms with Crippen LogP contribution in [0.3, 0.4) is 0 Å². The van der Waals surface area contributed by atoms with E-state index in [1.165, 1.54) is 6.42 Å². The maximum Gasteiger partial charge on any atom is 0.255 e. The molecule has 1 N–H and O–H groups in total. The number of aryl methyl sites for hydroxylation is 1. The third-order valence-electron chi connectivity index (χ3n) is 5.60. The minimum atomic E-state index is -0.251. The van der Waals surface area contributed by atoms with E-state index < -0.39 is 0 Å². The second-order valence-electron chi connectivity index (χ2n) is 7.64. The number of fused-ring (bicyclic) bond motifs is 2. The lowest BCUT2D eigenvalue weighted by Gasteiger charge is -2.21. The van der Waals surface area contributed by atoms with Crippen LogP contribution in [-0.2, 0) is 13.0 Å². The molecule has 0 unspecified atom stereocenters. The number of amides is 1. The summed E-state index contributed by atoms with van der Waals surface area (Å²) >= 11 is 0. The predicted octanol–water partition coefficient (Wildman–Crippen LogP) is 3.70. The molecule has 3 heterocycles. The standard InChI is InChI=1S/C23H24N4O4/c1-29-18-13-16(14-19-21(18)31-12-11-30-19)23(28)24-17-8-6-15(7-9-17)22-26-25-20-5-3-2-4-10-27(20)22/h6-9,13-14H,2-5,10-12H2,1H3,(H,24,28). The molecule has 0 bridgehead atoms. The van der Waals surface area contributed by atoms with Crippen molar-refractivity contribution in [2.45, 2.75) is 32.2 Å². The zero-order chi connectivity index (χ0) is 21.2. The number of carbonyl (C=O) groups is 1. The summed E-state index contributed by atoms with van der Waals surface area (Å²) in [7, 11) is 1.54. The van der Waals surface area contributed by atoms with Gasteiger partial charge in [-0.05, 0) is 49.2 Å². The molecular weight excluding hydrogens is 396 g/mol. The summed E-state index contributed by atoms with van der Waals surface area (Å²) in [5.74, 6) is 3.20. The Morgan fingerprint density at radius 3 is 2.74 bits per heavy atom. The fraction of sp³-hybridized carbons (Fsp3) is 0.348. The molecule has 2 aliphatic rings. The van der Waals surface area contributed by atoms with Crippen LogP contribution in [0.2, 0.25) is 0 Å². The van der Waals surface area contributed by atoms with Gasteiger partial charge in [0.25, 0.3) is 5.91 Å². The SMILES string of the molecule is COc1cc(C(=O)Nc2ccc(-c3nnc4n3CCCCC4)cc2)cc2c1OCCO2. The molecular formula is C23H24N4O4. The van der Waals surface area contributed by atoms with E-state index in [1.54, 1.807) is 19.2 Å². The summed E-state index contributed by atoms with van der Waals surface area (Å²) < 4.78 is 18.8. The Morgan fingerprint density at radius 1 is 1.06 bits per heavy atom. The number of hydrogen-bond donors (Lipinski definition) is 1. The molecule has 5 rings (SSSR count). The molecule has 0 saturated heterocycles. The van der Waals surface area contributed by atoms with Crippen LogP contribution in [0.5, 0.6) is 17.2 Å². The van der Waals surface area contributed by atoms with E-state index >= 15 is 0 Å². The molecule has 2 aromatic carbocycles. The van der Waals surface area contributed by atoms with Gasteiger partial charge in [-0.25, -0.2) is 0 Å². The van der Waals surface area contributed by atoms with Crippen molar-refractivity contribution in [3.05, 3.63) is 47.8 Å². The number of nitrogens with zero attached hydrogens (tertiary/aromatic N) is 3. The normalized spacial score (nSPS) is 15.0. The first-order valence-corrected chi connectivity index (χ1v) is 10.5. The fourth-order valence-corrected chi connectivity index (χ4v) is 4.01. The highest BCUT2D eigenvalue weighted by Crippen LogP contribution is 2.40. The van der Waals surface area contributed by atoms with Gasteiger partial charge in [0.1, 0.15) is 19.0 Å². The second-order valence-corrected chi connectivity index (χ2v) is 7.64. The van der Waals surface area contributed by atoms with Gasteiger partial charge in [0.05, 0.1) is 7.11 Å². The van der Waals surface area contributed by atoms with Gasteiger partial charge in [0.15, 0.2) is 17.3 Å². The Morgan fingerprint density at radius 2 is 1.90 bits per heavy atom. The topological polar surface area (TPSA) is 87.5 Å². The van der Waals surface area contributed by atoms with Crippen LogP contribution < -0.4 is 19.5 Å². The second kappa shape index (κ2) is 8.29. The van der Waals surface area contributed by atoms with Crippen LogP contribution in [0.4, 0.5) is 5.69 Å². The van der Waals surface area contributed by atoms with Crippen molar-refractivity contribution in [3.63, 3.8) is 0 Å². The van der Waals surface area contributed by atoms with Gasteiger partial charge in [-0.3, -0.25) is 4.79 Å². The fourth-order valence-electron chi connectivity index (χ4n) is 4.01. The zero-order valence-electron chi connectivity index (χ0n) is 17.4. The maximum atomic E-state index is 12.8. The molecule has 1 aromatic heterocycles. The Kier molecular flexibility index (Phi) is 5.19. The lowest BCUT2D eigenvalue weighted by atomic mass is 10.1. The highest BCUT2D eigenvalue weighted by Gasteiger charge is 2.21. The highest BCUT2D eigenvalue weighted by molar-refractivity contribution is 6.05. The summed E-state index contributed by atoms with van der Waals surface area (Å²) in [4.78, 5) is 12.8. The smallest absolute Gasteiger partial charge is 0.255 e. The van der Waals surface area contributed by atoms with Crippen molar-refractivity contribution in [1.29, 1.82) is 0 Å². The van der Waals surface area contributed by atoms with Crippen molar-refractivity contribution in [2.75, 3.05) is 25.6 Å². The molecule has 0 saturated carbocycles. The summed E-state index contributed by atoms with van der Waals surface area (Å²) in [5.41, 5.74) is 2.12. The Bertz CT molecular complexity index is 1090. The summed E-state index contributed by atoms with van der Waals surface area (Å²) in [6, 6.07) is 11.0. The number of carbonyl (C=O) groups excluding carboxylic acids is 1. The lowest BCUT2D eigenvalue weighted by Crippen LogP contribution is -2.18. The van der Waals surface area contributed by atoms with E-state index in [1.807, 2.05) is 24.3 Å². The molecule has 160 valence electrons. The van der Waals surface area contributed by atoms with Crippen LogP contribution in [0.1, 0.15) is 35.4 Å². The number of aromatic nitrogens is 3. The summed E-state index contributed by atoms with van der Waals surface area (Å²) in [6.07, 6.45) is 4.50. The Hall–Kier alpha value is -3.55. The van der Waals surface area contributed by atoms with Crippen LogP contribution >= 0.6 is 0 Å². The molecule has 2 aliphatic heterocycles. The molecule has 0 radical (unpaired) electrons. The quantitative estimate of drug-likeness (QED) is 0.692. The first-order valence-electron chi connectivity index (χ1n) is 10.5. The lowest BCUT2D eigenvalue weighted by molar-refractivity contribution is 0.102. The third kappa shape index (κ3) is 3.81. The van der Waals surface area contributed by atoms with Crippen LogP contribution in [-0.4, -0.2) is 41.0 Å². The Labute approximate surface area is 180 Å². The molecule has 1 amide bonds. The molecule has 8 heteroatoms. The van der Waals surface area contributed by atoms with E-state index in [-0.39, 0.29) is 5.91 Å². The molecule has 8 nitrogen and oxygen atoms in total. The summed E-state index contributed by atoms with van der Waals surface area (Å²) in [6.45, 7) is 1.84. The first kappa shape index (κ1) is 19.4. The van der Waals surface area contributed by atoms with Crippen molar-refractivity contribution >= 4 is 11.6 Å². The predicted molar refractivity (Wildman–Crippen MR) is 115 cm³/mol. The number of rotatable bonds is 4. The van der Waals surface area contributed by atoms with E-state index in [4.69, 9.17) is 14.2 Å². The van der Waals surface area contributed by atoms with E-state index in [2.05, 4.69) is 20.1 Å². The largest absolute Gasteiger partial charge is 0.493 e. The first-order chi connectivity index (χ1) is 15.2. The number of nitrogens with one attached hydrogen (secondary N) is 1. The summed E-state index contributed by atoms with van der Waals surface area (Å²) in [5, 5.41) is 11.7. The minimum Gasteiger partial charge on any atom is -0.493 e. The van der Waals surface area contributed by atoms with Gasteiger partial charge in [0.2, 0.25) is 5.75 Å². The molecule has 0 spiro atoms. The third-order valence-corrected chi connectivity index (χ3v) is 5.60. The van der Waals surface area contributed by atoms with E-state index in [9.17, 15) is 4.79 Å². The van der Waals surface area contributed by atoms with Crippen molar-refractivity contribution in [2.24, 2.45) is 0 Å². The van der Waals surface area contributed by atoms with Gasteiger partial charge in [0, 0.05) is 29.8 Å². The average molecular weight is 420 g/mol. The zero-order valence-corrected chi connectivity index (χ0v) is 17.4. The highest BCUT2D eigenvalue weighted by atomic mass is 16.6. The number of hydrogen-bond acceptors (Lipinski definition) is 6. The maximum absolute atomic E-state index is 12.8. The molecule has 0 aliphatic carbocycles. The number of methoxy groups -OCH3 is 1. The average Bonchev–Trinajstić information content (AvgIpc) is 3.06.